The first-order chi connectivity index (χ1) is 4.20. The van der Waals surface area contributed by atoms with Gasteiger partial charge in [-0.2, -0.15) is 0 Å². The van der Waals surface area contributed by atoms with Crippen LogP contribution in [-0.2, 0) is 0 Å². The third-order valence-corrected chi connectivity index (χ3v) is 4.24. The van der Waals surface area contributed by atoms with E-state index in [9.17, 15) is 0 Å². The smallest absolute Gasteiger partial charge is 0.0400 e. The minimum Gasteiger partial charge on any atom is -0.0558 e. The standard InChI is InChI=1S/C6H6BrISi/c7-5-2-1-4(8)3-6(5)9/h1-3H,9H3. The third-order valence-electron chi connectivity index (χ3n) is 1.12. The van der Waals surface area contributed by atoms with Crippen molar-refractivity contribution in [3.05, 3.63) is 26.2 Å². The molecule has 0 fully saturated rings. The lowest BCUT2D eigenvalue weighted by Gasteiger charge is -1.95. The second-order valence-corrected chi connectivity index (χ2v) is 5.07. The van der Waals surface area contributed by atoms with Crippen LogP contribution in [0, 0.1) is 3.57 Å². The number of halogens is 2. The molecule has 0 atom stereocenters. The molecule has 0 saturated heterocycles. The van der Waals surface area contributed by atoms with E-state index in [2.05, 4.69) is 56.7 Å². The molecule has 9 heavy (non-hydrogen) atoms. The van der Waals surface area contributed by atoms with Crippen molar-refractivity contribution in [2.24, 2.45) is 0 Å². The van der Waals surface area contributed by atoms with E-state index in [4.69, 9.17) is 0 Å². The molecule has 1 rings (SSSR count). The first-order valence-corrected chi connectivity index (χ1v) is 5.49. The van der Waals surface area contributed by atoms with E-state index in [1.165, 1.54) is 13.2 Å². The zero-order valence-corrected chi connectivity index (χ0v) is 10.7. The maximum Gasteiger partial charge on any atom is 0.0400 e. The first-order valence-electron chi connectivity index (χ1n) is 2.62. The van der Waals surface area contributed by atoms with Gasteiger partial charge in [-0.3, -0.25) is 0 Å². The molecule has 48 valence electrons. The van der Waals surface area contributed by atoms with Crippen molar-refractivity contribution >= 4 is 54.0 Å². The Kier molecular flexibility index (Phi) is 2.72. The third kappa shape index (κ3) is 2.05. The van der Waals surface area contributed by atoms with Crippen LogP contribution in [0.15, 0.2) is 22.7 Å². The first kappa shape index (κ1) is 7.75. The molecule has 0 amide bonds. The van der Waals surface area contributed by atoms with E-state index in [-0.39, 0.29) is 0 Å². The Morgan fingerprint density at radius 1 is 1.44 bits per heavy atom. The largest absolute Gasteiger partial charge is 0.0558 e. The van der Waals surface area contributed by atoms with Gasteiger partial charge in [0.15, 0.2) is 0 Å². The summed E-state index contributed by atoms with van der Waals surface area (Å²) >= 11 is 5.78. The van der Waals surface area contributed by atoms with Crippen LogP contribution in [0.3, 0.4) is 0 Å². The monoisotopic (exact) mass is 312 g/mol. The molecule has 0 saturated carbocycles. The zero-order valence-electron chi connectivity index (χ0n) is 4.99. The summed E-state index contributed by atoms with van der Waals surface area (Å²) in [6.45, 7) is 0. The molecular formula is C6H6BrISi. The normalized spacial score (nSPS) is 10.0. The lowest BCUT2D eigenvalue weighted by molar-refractivity contribution is 1.66. The van der Waals surface area contributed by atoms with Crippen LogP contribution in [0.1, 0.15) is 0 Å². The predicted molar refractivity (Wildman–Crippen MR) is 56.4 cm³/mol. The van der Waals surface area contributed by atoms with Gasteiger partial charge in [-0.1, -0.05) is 21.1 Å². The van der Waals surface area contributed by atoms with E-state index >= 15 is 0 Å². The molecule has 0 aromatic heterocycles. The van der Waals surface area contributed by atoms with Crippen molar-refractivity contribution in [3.63, 3.8) is 0 Å². The maximum atomic E-state index is 3.46. The van der Waals surface area contributed by atoms with Crippen LogP contribution in [0.5, 0.6) is 0 Å². The molecule has 3 heteroatoms. The Bertz CT molecular complexity index is 224. The highest BCUT2D eigenvalue weighted by Gasteiger charge is 1.91. The van der Waals surface area contributed by atoms with Crippen molar-refractivity contribution in [2.75, 3.05) is 0 Å². The Morgan fingerprint density at radius 3 is 2.56 bits per heavy atom. The highest BCUT2D eigenvalue weighted by atomic mass is 127. The summed E-state index contributed by atoms with van der Waals surface area (Å²) in [5.74, 6) is 0. The summed E-state index contributed by atoms with van der Waals surface area (Å²) in [5, 5.41) is 1.43. The van der Waals surface area contributed by atoms with Gasteiger partial charge in [-0.25, -0.2) is 0 Å². The molecule has 0 radical (unpaired) electrons. The number of hydrogen-bond acceptors (Lipinski definition) is 0. The van der Waals surface area contributed by atoms with Crippen molar-refractivity contribution < 1.29 is 0 Å². The predicted octanol–water partition coefficient (Wildman–Crippen LogP) is 1.04. The van der Waals surface area contributed by atoms with Gasteiger partial charge in [-0.05, 0) is 40.8 Å². The topological polar surface area (TPSA) is 0 Å². The highest BCUT2D eigenvalue weighted by molar-refractivity contribution is 14.1. The van der Waals surface area contributed by atoms with Crippen LogP contribution < -0.4 is 5.19 Å². The Labute approximate surface area is 79.7 Å². The lowest BCUT2D eigenvalue weighted by Crippen LogP contribution is -2.03. The van der Waals surface area contributed by atoms with Crippen LogP contribution in [0.4, 0.5) is 0 Å². The fourth-order valence-corrected chi connectivity index (χ4v) is 2.57. The van der Waals surface area contributed by atoms with Crippen LogP contribution in [0.2, 0.25) is 0 Å². The van der Waals surface area contributed by atoms with Gasteiger partial charge in [0.1, 0.15) is 0 Å². The van der Waals surface area contributed by atoms with Gasteiger partial charge < -0.3 is 0 Å². The van der Waals surface area contributed by atoms with Gasteiger partial charge in [0.2, 0.25) is 0 Å². The minimum atomic E-state index is 1.12. The van der Waals surface area contributed by atoms with E-state index < -0.39 is 0 Å². The van der Waals surface area contributed by atoms with Crippen LogP contribution in [-0.4, -0.2) is 10.2 Å². The van der Waals surface area contributed by atoms with Gasteiger partial charge >= 0.3 is 0 Å². The molecule has 0 unspecified atom stereocenters. The van der Waals surface area contributed by atoms with Gasteiger partial charge in [-0.15, -0.1) is 0 Å². The minimum absolute atomic E-state index is 1.12. The Balaban J connectivity index is 3.17. The summed E-state index contributed by atoms with van der Waals surface area (Å²) < 4.78 is 2.57. The quantitative estimate of drug-likeness (QED) is 0.496. The lowest BCUT2D eigenvalue weighted by atomic mass is 10.4. The van der Waals surface area contributed by atoms with Crippen LogP contribution in [0.25, 0.3) is 0 Å². The van der Waals surface area contributed by atoms with Gasteiger partial charge in [0.25, 0.3) is 0 Å². The summed E-state index contributed by atoms with van der Waals surface area (Å²) in [6, 6.07) is 6.41. The average Bonchev–Trinajstić information content (AvgIpc) is 1.80. The molecule has 0 bridgehead atoms. The molecule has 0 aliphatic rings. The van der Waals surface area contributed by atoms with Crippen molar-refractivity contribution in [1.82, 2.24) is 0 Å². The molecule has 1 aromatic carbocycles. The van der Waals surface area contributed by atoms with Crippen molar-refractivity contribution in [3.8, 4) is 0 Å². The van der Waals surface area contributed by atoms with E-state index in [0.29, 0.717) is 0 Å². The highest BCUT2D eigenvalue weighted by Crippen LogP contribution is 2.08. The summed E-state index contributed by atoms with van der Waals surface area (Å²) in [7, 11) is 1.12. The molecular weight excluding hydrogens is 307 g/mol. The van der Waals surface area contributed by atoms with Crippen molar-refractivity contribution in [1.29, 1.82) is 0 Å². The number of benzene rings is 1. The Hall–Kier alpha value is 0.647. The zero-order chi connectivity index (χ0) is 6.85. The molecule has 0 N–H and O–H groups in total. The molecule has 1 aromatic rings. The second-order valence-electron chi connectivity index (χ2n) is 1.89. The molecule has 0 aliphatic heterocycles. The summed E-state index contributed by atoms with van der Waals surface area (Å²) in [4.78, 5) is 0. The summed E-state index contributed by atoms with van der Waals surface area (Å²) in [5.41, 5.74) is 0. The molecule has 0 spiro atoms. The van der Waals surface area contributed by atoms with E-state index in [1.54, 1.807) is 0 Å². The number of hydrogen-bond donors (Lipinski definition) is 0. The summed E-state index contributed by atoms with van der Waals surface area (Å²) in [6.07, 6.45) is 0. The van der Waals surface area contributed by atoms with Crippen molar-refractivity contribution in [2.45, 2.75) is 0 Å². The fraction of sp³-hybridized carbons (Fsp3) is 0. The van der Waals surface area contributed by atoms with E-state index in [0.717, 1.165) is 10.2 Å². The fourth-order valence-electron chi connectivity index (χ4n) is 0.608. The maximum absolute atomic E-state index is 3.46. The van der Waals surface area contributed by atoms with Gasteiger partial charge in [0, 0.05) is 18.3 Å². The Morgan fingerprint density at radius 2 is 2.11 bits per heavy atom. The second kappa shape index (κ2) is 3.16. The average molecular weight is 313 g/mol. The molecule has 0 nitrogen and oxygen atoms in total. The number of rotatable bonds is 0. The van der Waals surface area contributed by atoms with Crippen LogP contribution >= 0.6 is 38.5 Å². The molecule has 0 aliphatic carbocycles. The SMILES string of the molecule is [SiH3]c1cc(I)ccc1Br. The molecule has 0 heterocycles. The van der Waals surface area contributed by atoms with Gasteiger partial charge in [0.05, 0.1) is 0 Å². The van der Waals surface area contributed by atoms with E-state index in [1.807, 2.05) is 0 Å².